The molecule has 2 aromatic carbocycles. The lowest BCUT2D eigenvalue weighted by Gasteiger charge is -2.31. The van der Waals surface area contributed by atoms with Crippen LogP contribution in [0, 0.1) is 10.8 Å². The normalized spacial score (nSPS) is 14.0. The first kappa shape index (κ1) is 41.8. The Balaban J connectivity index is 1.84. The molecule has 3 atom stereocenters. The molecular weight excluding hydrogens is 652 g/mol. The van der Waals surface area contributed by atoms with E-state index in [1.54, 1.807) is 6.92 Å². The van der Waals surface area contributed by atoms with Crippen molar-refractivity contribution in [2.24, 2.45) is 10.8 Å². The van der Waals surface area contributed by atoms with E-state index in [-0.39, 0.29) is 81.2 Å². The van der Waals surface area contributed by atoms with E-state index in [1.165, 1.54) is 55.5 Å². The van der Waals surface area contributed by atoms with Crippen LogP contribution in [0.4, 0.5) is 0 Å². The minimum Gasteiger partial charge on any atom is -0.465 e. The van der Waals surface area contributed by atoms with Gasteiger partial charge in [0.2, 0.25) is 0 Å². The maximum absolute atomic E-state index is 12.7. The Hall–Kier alpha value is -4.33. The van der Waals surface area contributed by atoms with E-state index in [1.807, 2.05) is 13.8 Å². The van der Waals surface area contributed by atoms with Crippen LogP contribution in [0.15, 0.2) is 48.5 Å². The molecule has 0 saturated heterocycles. The molecule has 0 aliphatic carbocycles. The minimum atomic E-state index is -0.964. The Morgan fingerprint density at radius 3 is 1.48 bits per heavy atom. The van der Waals surface area contributed by atoms with E-state index in [4.69, 9.17) is 28.4 Å². The van der Waals surface area contributed by atoms with Gasteiger partial charge in [0.15, 0.2) is 0 Å². The zero-order valence-corrected chi connectivity index (χ0v) is 29.6. The molecule has 2 rings (SSSR count). The van der Waals surface area contributed by atoms with Crippen molar-refractivity contribution in [1.82, 2.24) is 0 Å². The van der Waals surface area contributed by atoms with Gasteiger partial charge in [-0.2, -0.15) is 0 Å². The van der Waals surface area contributed by atoms with Gasteiger partial charge in [0.1, 0.15) is 33.0 Å². The smallest absolute Gasteiger partial charge is 0.338 e. The zero-order chi connectivity index (χ0) is 37.2. The summed E-state index contributed by atoms with van der Waals surface area (Å²) in [4.78, 5) is 61.6. The summed E-state index contributed by atoms with van der Waals surface area (Å²) in [5.74, 6) is -3.34. The van der Waals surface area contributed by atoms with Crippen LogP contribution >= 0.6 is 0 Å². The molecule has 0 spiro atoms. The van der Waals surface area contributed by atoms with Gasteiger partial charge >= 0.3 is 29.8 Å². The van der Waals surface area contributed by atoms with Gasteiger partial charge in [0.25, 0.3) is 0 Å². The summed E-state index contributed by atoms with van der Waals surface area (Å²) in [6, 6.07) is 11.3. The van der Waals surface area contributed by atoms with Crippen molar-refractivity contribution in [2.75, 3.05) is 52.9 Å². The average Bonchev–Trinajstić information content (AvgIpc) is 3.13. The SMILES string of the molecule is CCCC(C)OCC(CC)(CO)COC(=O)c1ccc(C(=O)OCCOC(=O)c2cccc(C(=O)OCC(CC)(CO)COC(C)=O)c2)cc1. The number of ether oxygens (including phenoxy) is 6. The number of carbonyl (C=O) groups is 5. The summed E-state index contributed by atoms with van der Waals surface area (Å²) in [5.41, 5.74) is -1.18. The van der Waals surface area contributed by atoms with Crippen molar-refractivity contribution in [3.8, 4) is 0 Å². The van der Waals surface area contributed by atoms with E-state index in [0.29, 0.717) is 12.8 Å². The topological polar surface area (TPSA) is 181 Å². The van der Waals surface area contributed by atoms with Crippen LogP contribution in [0.1, 0.15) is 102 Å². The first-order chi connectivity index (χ1) is 23.9. The molecule has 276 valence electrons. The third-order valence-electron chi connectivity index (χ3n) is 8.38. The molecule has 0 aliphatic heterocycles. The van der Waals surface area contributed by atoms with Gasteiger partial charge in [-0.3, -0.25) is 4.79 Å². The van der Waals surface area contributed by atoms with Crippen molar-refractivity contribution in [1.29, 1.82) is 0 Å². The molecule has 0 bridgehead atoms. The molecule has 2 N–H and O–H groups in total. The lowest BCUT2D eigenvalue weighted by Crippen LogP contribution is -2.37. The van der Waals surface area contributed by atoms with Crippen LogP contribution in [0.3, 0.4) is 0 Å². The maximum Gasteiger partial charge on any atom is 0.338 e. The molecule has 0 aromatic heterocycles. The fourth-order valence-electron chi connectivity index (χ4n) is 4.52. The molecule has 0 fully saturated rings. The van der Waals surface area contributed by atoms with Crippen LogP contribution in [-0.2, 0) is 33.2 Å². The molecule has 0 heterocycles. The summed E-state index contributed by atoms with van der Waals surface area (Å²) in [6.45, 7) is 7.72. The highest BCUT2D eigenvalue weighted by atomic mass is 16.6. The lowest BCUT2D eigenvalue weighted by molar-refractivity contribution is -0.147. The maximum atomic E-state index is 12.7. The third kappa shape index (κ3) is 13.2. The zero-order valence-electron chi connectivity index (χ0n) is 29.6. The monoisotopic (exact) mass is 702 g/mol. The number of aliphatic hydroxyl groups excluding tert-OH is 2. The highest BCUT2D eigenvalue weighted by molar-refractivity contribution is 5.95. The Morgan fingerprint density at radius 2 is 1.04 bits per heavy atom. The molecule has 0 amide bonds. The summed E-state index contributed by atoms with van der Waals surface area (Å²) in [7, 11) is 0. The number of aliphatic hydroxyl groups is 2. The Labute approximate surface area is 293 Å². The number of carbonyl (C=O) groups excluding carboxylic acids is 5. The van der Waals surface area contributed by atoms with Gasteiger partial charge < -0.3 is 38.6 Å². The predicted molar refractivity (Wildman–Crippen MR) is 181 cm³/mol. The number of benzene rings is 2. The van der Waals surface area contributed by atoms with Gasteiger partial charge in [-0.15, -0.1) is 0 Å². The second-order valence-electron chi connectivity index (χ2n) is 12.3. The summed E-state index contributed by atoms with van der Waals surface area (Å²) in [6.07, 6.45) is 2.80. The quantitative estimate of drug-likeness (QED) is 0.0991. The third-order valence-corrected chi connectivity index (χ3v) is 8.38. The van der Waals surface area contributed by atoms with Crippen molar-refractivity contribution in [3.05, 3.63) is 70.8 Å². The standard InChI is InChI=1S/C37H50O13/c1-6-10-26(4)47-22-36(7-2,20-38)24-49-33(42)29-15-13-28(14-16-29)32(41)45-17-18-46-34(43)30-11-9-12-31(19-30)35(44)50-25-37(8-3,21-39)23-48-27(5)40/h9,11-16,19,26,38-39H,6-8,10,17-18,20-25H2,1-5H3. The first-order valence-corrected chi connectivity index (χ1v) is 16.7. The van der Waals surface area contributed by atoms with Crippen molar-refractivity contribution in [3.63, 3.8) is 0 Å². The van der Waals surface area contributed by atoms with Crippen molar-refractivity contribution >= 4 is 29.8 Å². The van der Waals surface area contributed by atoms with Crippen LogP contribution in [0.5, 0.6) is 0 Å². The van der Waals surface area contributed by atoms with Crippen LogP contribution < -0.4 is 0 Å². The van der Waals surface area contributed by atoms with Gasteiger partial charge in [-0.05, 0) is 68.7 Å². The molecule has 13 nitrogen and oxygen atoms in total. The largest absolute Gasteiger partial charge is 0.465 e. The number of hydrogen-bond acceptors (Lipinski definition) is 13. The van der Waals surface area contributed by atoms with Gasteiger partial charge in [-0.1, -0.05) is 33.3 Å². The molecule has 0 aliphatic rings. The summed E-state index contributed by atoms with van der Waals surface area (Å²) >= 11 is 0. The van der Waals surface area contributed by atoms with Crippen LogP contribution in [0.2, 0.25) is 0 Å². The van der Waals surface area contributed by atoms with Gasteiger partial charge in [0.05, 0.1) is 59.0 Å². The molecule has 2 aromatic rings. The van der Waals surface area contributed by atoms with Crippen LogP contribution in [-0.4, -0.2) is 99.0 Å². The van der Waals surface area contributed by atoms with Crippen LogP contribution in [0.25, 0.3) is 0 Å². The average molecular weight is 703 g/mol. The van der Waals surface area contributed by atoms with Gasteiger partial charge in [-0.25, -0.2) is 19.2 Å². The van der Waals surface area contributed by atoms with E-state index < -0.39 is 40.7 Å². The lowest BCUT2D eigenvalue weighted by atomic mass is 9.88. The van der Waals surface area contributed by atoms with E-state index in [2.05, 4.69) is 6.92 Å². The predicted octanol–water partition coefficient (Wildman–Crippen LogP) is 4.56. The number of hydrogen-bond donors (Lipinski definition) is 2. The highest BCUT2D eigenvalue weighted by Gasteiger charge is 2.32. The Kier molecular flexibility index (Phi) is 17.6. The van der Waals surface area contributed by atoms with Gasteiger partial charge in [0, 0.05) is 6.92 Å². The molecule has 50 heavy (non-hydrogen) atoms. The highest BCUT2D eigenvalue weighted by Crippen LogP contribution is 2.25. The molecule has 13 heteroatoms. The van der Waals surface area contributed by atoms with E-state index >= 15 is 0 Å². The number of rotatable bonds is 22. The van der Waals surface area contributed by atoms with E-state index in [0.717, 1.165) is 12.8 Å². The van der Waals surface area contributed by atoms with Crippen molar-refractivity contribution < 1.29 is 62.6 Å². The number of esters is 5. The summed E-state index contributed by atoms with van der Waals surface area (Å²) < 4.78 is 32.1. The molecular formula is C37H50O13. The minimum absolute atomic E-state index is 0.0248. The fraction of sp³-hybridized carbons (Fsp3) is 0.541. The molecule has 0 radical (unpaired) electrons. The first-order valence-electron chi connectivity index (χ1n) is 16.7. The molecule has 0 saturated carbocycles. The van der Waals surface area contributed by atoms with Crippen molar-refractivity contribution in [2.45, 2.75) is 66.4 Å². The Morgan fingerprint density at radius 1 is 0.620 bits per heavy atom. The second kappa shape index (κ2) is 21.0. The Bertz CT molecular complexity index is 1390. The molecule has 3 unspecified atom stereocenters. The summed E-state index contributed by atoms with van der Waals surface area (Å²) in [5, 5.41) is 19.8. The van der Waals surface area contributed by atoms with E-state index in [9.17, 15) is 34.2 Å². The fourth-order valence-corrected chi connectivity index (χ4v) is 4.52. The second-order valence-corrected chi connectivity index (χ2v) is 12.3.